The molecule has 2 aromatic rings. The van der Waals surface area contributed by atoms with Gasteiger partial charge in [0, 0.05) is 17.7 Å². The van der Waals surface area contributed by atoms with Crippen molar-refractivity contribution in [3.05, 3.63) is 58.7 Å². The molecule has 2 N–H and O–H groups in total. The molecule has 0 bridgehead atoms. The lowest BCUT2D eigenvalue weighted by atomic mass is 9.81. The molecule has 0 radical (unpaired) electrons. The number of rotatable bonds is 5. The van der Waals surface area contributed by atoms with Crippen molar-refractivity contribution in [1.29, 1.82) is 0 Å². The van der Waals surface area contributed by atoms with Crippen LogP contribution >= 0.6 is 0 Å². The van der Waals surface area contributed by atoms with Gasteiger partial charge in [0.2, 0.25) is 5.91 Å². The fourth-order valence-corrected chi connectivity index (χ4v) is 3.82. The Labute approximate surface area is 153 Å². The van der Waals surface area contributed by atoms with Crippen LogP contribution in [0.5, 0.6) is 5.75 Å². The first kappa shape index (κ1) is 18.0. The Morgan fingerprint density at radius 2 is 1.73 bits per heavy atom. The molecule has 5 heteroatoms. The van der Waals surface area contributed by atoms with Gasteiger partial charge in [0.05, 0.1) is 12.5 Å². The minimum atomic E-state index is -1.09. The van der Waals surface area contributed by atoms with Crippen LogP contribution in [0.1, 0.15) is 28.7 Å². The molecule has 3 rings (SSSR count). The summed E-state index contributed by atoms with van der Waals surface area (Å²) in [7, 11) is 1.59. The summed E-state index contributed by atoms with van der Waals surface area (Å²) in [6.07, 6.45) is 0.691. The molecule has 1 amide bonds. The van der Waals surface area contributed by atoms with Gasteiger partial charge < -0.3 is 15.2 Å². The van der Waals surface area contributed by atoms with E-state index in [1.807, 2.05) is 50.2 Å². The van der Waals surface area contributed by atoms with E-state index in [2.05, 4.69) is 5.32 Å². The summed E-state index contributed by atoms with van der Waals surface area (Å²) in [4.78, 5) is 24.6. The number of aliphatic carboxylic acids is 1. The van der Waals surface area contributed by atoms with Gasteiger partial charge in [-0.2, -0.15) is 0 Å². The molecule has 0 spiro atoms. The molecule has 0 fully saturated rings. The maximum Gasteiger partial charge on any atom is 0.310 e. The van der Waals surface area contributed by atoms with E-state index in [0.717, 1.165) is 28.0 Å². The van der Waals surface area contributed by atoms with Crippen LogP contribution < -0.4 is 10.1 Å². The minimum Gasteiger partial charge on any atom is -0.496 e. The SMILES string of the molecule is COc1c(C)ccc(NC(=O)CC2(C(=O)O)Cc3ccccc3C2)c1C. The molecule has 0 saturated heterocycles. The number of benzene rings is 2. The number of carbonyl (C=O) groups is 2. The third-order valence-electron chi connectivity index (χ3n) is 5.21. The lowest BCUT2D eigenvalue weighted by Crippen LogP contribution is -2.36. The first-order chi connectivity index (χ1) is 12.4. The smallest absolute Gasteiger partial charge is 0.310 e. The van der Waals surface area contributed by atoms with Crippen molar-refractivity contribution in [3.8, 4) is 5.75 Å². The zero-order valence-electron chi connectivity index (χ0n) is 15.3. The molecule has 0 heterocycles. The normalized spacial score (nSPS) is 14.6. The number of aryl methyl sites for hydroxylation is 1. The van der Waals surface area contributed by atoms with Crippen LogP contribution in [0.4, 0.5) is 5.69 Å². The predicted octanol–water partition coefficient (Wildman–Crippen LogP) is 3.51. The standard InChI is InChI=1S/C21H23NO4/c1-13-8-9-17(14(2)19(13)26-3)22-18(23)12-21(20(24)25)10-15-6-4-5-7-16(15)11-21/h4-9H,10-12H2,1-3H3,(H,22,23)(H,24,25). The maximum atomic E-state index is 12.7. The third kappa shape index (κ3) is 3.17. The molecule has 136 valence electrons. The van der Waals surface area contributed by atoms with Gasteiger partial charge in [0.25, 0.3) is 0 Å². The number of carboxylic acid groups (broad SMARTS) is 1. The number of fused-ring (bicyclic) bond motifs is 1. The van der Waals surface area contributed by atoms with Gasteiger partial charge in [-0.25, -0.2) is 0 Å². The van der Waals surface area contributed by atoms with E-state index in [-0.39, 0.29) is 12.3 Å². The van der Waals surface area contributed by atoms with E-state index in [9.17, 15) is 14.7 Å². The Morgan fingerprint density at radius 3 is 2.27 bits per heavy atom. The number of ether oxygens (including phenoxy) is 1. The van der Waals surface area contributed by atoms with E-state index in [4.69, 9.17) is 4.74 Å². The highest BCUT2D eigenvalue weighted by molar-refractivity contribution is 5.95. The van der Waals surface area contributed by atoms with Gasteiger partial charge >= 0.3 is 5.97 Å². The zero-order valence-corrected chi connectivity index (χ0v) is 15.3. The summed E-state index contributed by atoms with van der Waals surface area (Å²) in [6, 6.07) is 11.4. The molecule has 0 aliphatic heterocycles. The van der Waals surface area contributed by atoms with Gasteiger partial charge in [-0.3, -0.25) is 9.59 Å². The van der Waals surface area contributed by atoms with Crippen molar-refractivity contribution in [1.82, 2.24) is 0 Å². The van der Waals surface area contributed by atoms with Crippen LogP contribution in [-0.2, 0) is 22.4 Å². The summed E-state index contributed by atoms with van der Waals surface area (Å²) in [5, 5.41) is 12.7. The number of methoxy groups -OCH3 is 1. The number of nitrogens with one attached hydrogen (secondary N) is 1. The third-order valence-corrected chi connectivity index (χ3v) is 5.21. The quantitative estimate of drug-likeness (QED) is 0.862. The average Bonchev–Trinajstić information content (AvgIpc) is 2.97. The highest BCUT2D eigenvalue weighted by atomic mass is 16.5. The molecule has 0 aromatic heterocycles. The molecule has 5 nitrogen and oxygen atoms in total. The van der Waals surface area contributed by atoms with E-state index in [0.29, 0.717) is 18.5 Å². The second-order valence-electron chi connectivity index (χ2n) is 7.02. The Hall–Kier alpha value is -2.82. The maximum absolute atomic E-state index is 12.7. The Bertz CT molecular complexity index is 847. The highest BCUT2D eigenvalue weighted by Crippen LogP contribution is 2.40. The second kappa shape index (κ2) is 6.83. The van der Waals surface area contributed by atoms with Crippen molar-refractivity contribution in [2.24, 2.45) is 5.41 Å². The number of anilines is 1. The fourth-order valence-electron chi connectivity index (χ4n) is 3.82. The zero-order chi connectivity index (χ0) is 18.9. The van der Waals surface area contributed by atoms with Crippen LogP contribution in [-0.4, -0.2) is 24.1 Å². The van der Waals surface area contributed by atoms with Crippen LogP contribution in [0.25, 0.3) is 0 Å². The van der Waals surface area contributed by atoms with Crippen molar-refractivity contribution in [2.45, 2.75) is 33.1 Å². The number of carbonyl (C=O) groups excluding carboxylic acids is 1. The van der Waals surface area contributed by atoms with Crippen molar-refractivity contribution >= 4 is 17.6 Å². The predicted molar refractivity (Wildman–Crippen MR) is 99.6 cm³/mol. The van der Waals surface area contributed by atoms with Crippen LogP contribution in [0, 0.1) is 19.3 Å². The minimum absolute atomic E-state index is 0.0629. The molecule has 0 unspecified atom stereocenters. The van der Waals surface area contributed by atoms with Gasteiger partial charge in [0.15, 0.2) is 0 Å². The summed E-state index contributed by atoms with van der Waals surface area (Å²) in [6.45, 7) is 3.81. The first-order valence-corrected chi connectivity index (χ1v) is 8.60. The number of carboxylic acids is 1. The average molecular weight is 353 g/mol. The molecule has 0 saturated carbocycles. The fraction of sp³-hybridized carbons (Fsp3) is 0.333. The van der Waals surface area contributed by atoms with Gasteiger partial charge in [0.1, 0.15) is 5.75 Å². The lowest BCUT2D eigenvalue weighted by Gasteiger charge is -2.23. The summed E-state index contributed by atoms with van der Waals surface area (Å²) < 4.78 is 5.39. The molecule has 26 heavy (non-hydrogen) atoms. The van der Waals surface area contributed by atoms with Gasteiger partial charge in [-0.05, 0) is 49.4 Å². The van der Waals surface area contributed by atoms with Gasteiger partial charge in [-0.1, -0.05) is 30.3 Å². The topological polar surface area (TPSA) is 75.6 Å². The molecular weight excluding hydrogens is 330 g/mol. The number of amides is 1. The van der Waals surface area contributed by atoms with E-state index in [1.54, 1.807) is 7.11 Å². The molecule has 1 aliphatic carbocycles. The van der Waals surface area contributed by atoms with E-state index in [1.165, 1.54) is 0 Å². The first-order valence-electron chi connectivity index (χ1n) is 8.60. The Morgan fingerprint density at radius 1 is 1.12 bits per heavy atom. The summed E-state index contributed by atoms with van der Waals surface area (Å²) in [5.41, 5.74) is 3.40. The van der Waals surface area contributed by atoms with Crippen LogP contribution in [0.3, 0.4) is 0 Å². The Kier molecular flexibility index (Phi) is 4.72. The molecule has 1 aliphatic rings. The van der Waals surface area contributed by atoms with E-state index < -0.39 is 11.4 Å². The molecule has 0 atom stereocenters. The van der Waals surface area contributed by atoms with Gasteiger partial charge in [-0.15, -0.1) is 0 Å². The van der Waals surface area contributed by atoms with Crippen molar-refractivity contribution in [3.63, 3.8) is 0 Å². The number of hydrogen-bond acceptors (Lipinski definition) is 3. The van der Waals surface area contributed by atoms with E-state index >= 15 is 0 Å². The number of hydrogen-bond donors (Lipinski definition) is 2. The monoisotopic (exact) mass is 353 g/mol. The molecule has 2 aromatic carbocycles. The lowest BCUT2D eigenvalue weighted by molar-refractivity contribution is -0.150. The second-order valence-corrected chi connectivity index (χ2v) is 7.02. The largest absolute Gasteiger partial charge is 0.496 e. The van der Waals surface area contributed by atoms with Crippen LogP contribution in [0.2, 0.25) is 0 Å². The Balaban J connectivity index is 1.80. The highest BCUT2D eigenvalue weighted by Gasteiger charge is 2.45. The van der Waals surface area contributed by atoms with Crippen molar-refractivity contribution < 1.29 is 19.4 Å². The van der Waals surface area contributed by atoms with Crippen LogP contribution in [0.15, 0.2) is 36.4 Å². The van der Waals surface area contributed by atoms with Crippen molar-refractivity contribution in [2.75, 3.05) is 12.4 Å². The molecular formula is C21H23NO4. The summed E-state index contributed by atoms with van der Waals surface area (Å²) in [5.74, 6) is -0.500. The summed E-state index contributed by atoms with van der Waals surface area (Å²) >= 11 is 0.